The summed E-state index contributed by atoms with van der Waals surface area (Å²) in [6.07, 6.45) is 80.7. The second-order valence-corrected chi connectivity index (χ2v) is 28.5. The second kappa shape index (κ2) is 70.5. The number of nitrogens with one attached hydrogen (secondary N) is 1. The van der Waals surface area contributed by atoms with Gasteiger partial charge in [0.25, 0.3) is 0 Å². The van der Waals surface area contributed by atoms with Gasteiger partial charge in [-0.2, -0.15) is 0 Å². The lowest BCUT2D eigenvalue weighted by atomic mass is 9.99. The lowest BCUT2D eigenvalue weighted by molar-refractivity contribution is -0.302. The number of amides is 1. The maximum absolute atomic E-state index is 13.1. The number of rotatable bonds is 73. The summed E-state index contributed by atoms with van der Waals surface area (Å²) in [6, 6.07) is -0.823. The predicted molar refractivity (Wildman–Crippen MR) is 389 cm³/mol. The Morgan fingerprint density at radius 2 is 0.707 bits per heavy atom. The first-order valence-electron chi connectivity index (χ1n) is 40.6. The monoisotopic (exact) mass is 1300 g/mol. The van der Waals surface area contributed by atoms with Crippen LogP contribution in [-0.4, -0.2) is 100 Å². The molecule has 11 nitrogen and oxygen atoms in total. The molecule has 0 radical (unpaired) electrons. The van der Waals surface area contributed by atoms with Gasteiger partial charge in [-0.1, -0.05) is 385 Å². The molecule has 92 heavy (non-hydrogen) atoms. The number of hydrogen-bond acceptors (Lipinski definition) is 10. The number of aliphatic hydroxyl groups is 5. The molecule has 1 saturated heterocycles. The summed E-state index contributed by atoms with van der Waals surface area (Å²) in [5.74, 6) is -0.164. The van der Waals surface area contributed by atoms with E-state index >= 15 is 0 Å². The zero-order valence-corrected chi connectivity index (χ0v) is 60.8. The molecule has 0 spiro atoms. The Labute approximate surface area is 569 Å². The van der Waals surface area contributed by atoms with Gasteiger partial charge < -0.3 is 45.1 Å². The van der Waals surface area contributed by atoms with Crippen LogP contribution >= 0.6 is 0 Å². The normalized spacial score (nSPS) is 17.6. The Kier molecular flexibility index (Phi) is 67.5. The molecule has 544 valence electrons. The zero-order chi connectivity index (χ0) is 66.5. The fourth-order valence-electron chi connectivity index (χ4n) is 13.2. The van der Waals surface area contributed by atoms with E-state index in [4.69, 9.17) is 14.2 Å². The first kappa shape index (κ1) is 88.2. The molecule has 0 aliphatic carbocycles. The topological polar surface area (TPSA) is 175 Å². The molecule has 0 saturated carbocycles. The van der Waals surface area contributed by atoms with Crippen LogP contribution in [0.25, 0.3) is 0 Å². The van der Waals surface area contributed by atoms with Crippen molar-refractivity contribution in [3.05, 3.63) is 24.3 Å². The van der Waals surface area contributed by atoms with E-state index in [0.29, 0.717) is 19.4 Å². The maximum Gasteiger partial charge on any atom is 0.305 e. The number of hydrogen-bond donors (Lipinski definition) is 6. The van der Waals surface area contributed by atoms with Crippen LogP contribution in [0.2, 0.25) is 0 Å². The average Bonchev–Trinajstić information content (AvgIpc) is 0.989. The number of unbranched alkanes of at least 4 members (excludes halogenated alkanes) is 57. The third-order valence-electron chi connectivity index (χ3n) is 19.6. The molecule has 1 amide bonds. The molecular weight excluding hydrogens is 1150 g/mol. The number of carbonyl (C=O) groups excluding carboxylic acids is 2. The Morgan fingerprint density at radius 3 is 1.08 bits per heavy atom. The van der Waals surface area contributed by atoms with Gasteiger partial charge in [0.15, 0.2) is 6.29 Å². The van der Waals surface area contributed by atoms with E-state index in [9.17, 15) is 35.1 Å². The molecule has 6 N–H and O–H groups in total. The Hall–Kier alpha value is -1.86. The van der Waals surface area contributed by atoms with E-state index in [2.05, 4.69) is 31.3 Å². The molecule has 0 aromatic carbocycles. The van der Waals surface area contributed by atoms with Crippen molar-refractivity contribution in [1.82, 2.24) is 5.32 Å². The standard InChI is InChI=1S/C81H155NO10/c1-3-5-7-9-11-13-15-17-41-44-47-51-55-59-63-67-74(84)73(72-91-81-80(89)79(88)78(87)75(71-83)92-81)82-76(85)68-64-60-56-52-48-45-42-39-37-35-33-31-29-27-25-23-21-19-18-20-22-24-26-28-30-32-34-36-38-40-43-46-50-54-58-62-66-70-90-77(86)69-65-61-57-53-49-16-14-12-10-8-6-4-2/h47,51,63,67,73-75,78-81,83-84,87-89H,3-46,48-50,52-62,64-66,68-72H2,1-2H3,(H,82,85)/b51-47+,67-63+. The van der Waals surface area contributed by atoms with Gasteiger partial charge in [-0.15, -0.1) is 0 Å². The fourth-order valence-corrected chi connectivity index (χ4v) is 13.2. The number of allylic oxidation sites excluding steroid dienone is 3. The molecule has 11 heteroatoms. The highest BCUT2D eigenvalue weighted by Gasteiger charge is 2.44. The largest absolute Gasteiger partial charge is 0.466 e. The molecular formula is C81H155NO10. The fraction of sp³-hybridized carbons (Fsp3) is 0.926. The third kappa shape index (κ3) is 58.3. The van der Waals surface area contributed by atoms with Crippen LogP contribution in [0.4, 0.5) is 0 Å². The highest BCUT2D eigenvalue weighted by Crippen LogP contribution is 2.24. The van der Waals surface area contributed by atoms with Crippen LogP contribution in [0.3, 0.4) is 0 Å². The van der Waals surface area contributed by atoms with E-state index in [1.54, 1.807) is 6.08 Å². The SMILES string of the molecule is CCCCCCCCCCC/C=C/CC/C=C/C(O)C(COC1OC(CO)C(O)C(O)C1O)NC(=O)CCCCCCCCCCCCCCCCCCCCCCCCCCCCCCCCCCCCCCCOC(=O)CCCCCCCCCCCCCC. The quantitative estimate of drug-likeness (QED) is 0.0195. The molecule has 1 aliphatic rings. The molecule has 1 rings (SSSR count). The summed E-state index contributed by atoms with van der Waals surface area (Å²) in [4.78, 5) is 25.2. The predicted octanol–water partition coefficient (Wildman–Crippen LogP) is 21.9. The molecule has 7 unspecified atom stereocenters. The van der Waals surface area contributed by atoms with Gasteiger partial charge in [-0.3, -0.25) is 9.59 Å². The summed E-state index contributed by atoms with van der Waals surface area (Å²) < 4.78 is 16.8. The average molecular weight is 1300 g/mol. The van der Waals surface area contributed by atoms with Crippen molar-refractivity contribution in [3.63, 3.8) is 0 Å². The molecule has 1 fully saturated rings. The third-order valence-corrected chi connectivity index (χ3v) is 19.6. The van der Waals surface area contributed by atoms with E-state index < -0.39 is 49.5 Å². The van der Waals surface area contributed by atoms with Crippen molar-refractivity contribution in [3.8, 4) is 0 Å². The van der Waals surface area contributed by atoms with Crippen molar-refractivity contribution >= 4 is 11.9 Å². The second-order valence-electron chi connectivity index (χ2n) is 28.5. The van der Waals surface area contributed by atoms with Crippen LogP contribution in [0.5, 0.6) is 0 Å². The minimum atomic E-state index is -1.57. The number of carbonyl (C=O) groups is 2. The highest BCUT2D eigenvalue weighted by atomic mass is 16.7. The van der Waals surface area contributed by atoms with Crippen molar-refractivity contribution in [1.29, 1.82) is 0 Å². The van der Waals surface area contributed by atoms with Gasteiger partial charge in [-0.25, -0.2) is 0 Å². The molecule has 7 atom stereocenters. The van der Waals surface area contributed by atoms with Gasteiger partial charge in [0.05, 0.1) is 32.0 Å². The zero-order valence-electron chi connectivity index (χ0n) is 60.8. The van der Waals surface area contributed by atoms with Crippen LogP contribution in [-0.2, 0) is 23.8 Å². The summed E-state index contributed by atoms with van der Waals surface area (Å²) in [5, 5.41) is 54.6. The van der Waals surface area contributed by atoms with Crippen molar-refractivity contribution in [2.75, 3.05) is 19.8 Å². The van der Waals surface area contributed by atoms with Crippen molar-refractivity contribution < 1.29 is 49.3 Å². The Bertz CT molecular complexity index is 1580. The smallest absolute Gasteiger partial charge is 0.305 e. The number of esters is 1. The Morgan fingerprint density at radius 1 is 0.391 bits per heavy atom. The summed E-state index contributed by atoms with van der Waals surface area (Å²) in [7, 11) is 0. The van der Waals surface area contributed by atoms with Crippen LogP contribution < -0.4 is 5.32 Å². The summed E-state index contributed by atoms with van der Waals surface area (Å²) >= 11 is 0. The Balaban J connectivity index is 1.91. The van der Waals surface area contributed by atoms with Crippen LogP contribution in [0.1, 0.15) is 418 Å². The van der Waals surface area contributed by atoms with Crippen molar-refractivity contribution in [2.45, 2.75) is 461 Å². The maximum atomic E-state index is 13.1. The van der Waals surface area contributed by atoms with Gasteiger partial charge in [-0.05, 0) is 44.9 Å². The lowest BCUT2D eigenvalue weighted by Crippen LogP contribution is -2.60. The number of aliphatic hydroxyl groups excluding tert-OH is 5. The minimum Gasteiger partial charge on any atom is -0.466 e. The van der Waals surface area contributed by atoms with Gasteiger partial charge in [0.1, 0.15) is 24.4 Å². The van der Waals surface area contributed by atoms with Crippen LogP contribution in [0.15, 0.2) is 24.3 Å². The molecule has 0 aromatic heterocycles. The van der Waals surface area contributed by atoms with E-state index in [1.807, 2.05) is 6.08 Å². The van der Waals surface area contributed by atoms with E-state index in [1.165, 1.54) is 340 Å². The highest BCUT2D eigenvalue weighted by molar-refractivity contribution is 5.76. The van der Waals surface area contributed by atoms with Gasteiger partial charge in [0, 0.05) is 12.8 Å². The van der Waals surface area contributed by atoms with Gasteiger partial charge >= 0.3 is 5.97 Å². The van der Waals surface area contributed by atoms with Crippen LogP contribution in [0, 0.1) is 0 Å². The molecule has 1 aliphatic heterocycles. The lowest BCUT2D eigenvalue weighted by Gasteiger charge is -2.40. The first-order chi connectivity index (χ1) is 45.2. The summed E-state index contributed by atoms with van der Waals surface area (Å²) in [6.45, 7) is 4.39. The molecule has 0 bridgehead atoms. The molecule has 1 heterocycles. The number of ether oxygens (including phenoxy) is 3. The van der Waals surface area contributed by atoms with E-state index in [-0.39, 0.29) is 18.5 Å². The minimum absolute atomic E-state index is 0.0186. The van der Waals surface area contributed by atoms with Gasteiger partial charge in [0.2, 0.25) is 5.91 Å². The summed E-state index contributed by atoms with van der Waals surface area (Å²) in [5.41, 5.74) is 0. The van der Waals surface area contributed by atoms with E-state index in [0.717, 1.165) is 51.4 Å². The van der Waals surface area contributed by atoms with Crippen molar-refractivity contribution in [2.24, 2.45) is 0 Å². The first-order valence-corrected chi connectivity index (χ1v) is 40.6. The molecule has 0 aromatic rings.